The molecule has 1 aromatic heterocycles. The molecule has 2 aliphatic rings. The second-order valence-electron chi connectivity index (χ2n) is 4.03. The van der Waals surface area contributed by atoms with Crippen LogP contribution in [0.4, 0.5) is 0 Å². The van der Waals surface area contributed by atoms with Crippen molar-refractivity contribution < 1.29 is 4.74 Å². The first-order chi connectivity index (χ1) is 6.40. The lowest BCUT2D eigenvalue weighted by atomic mass is 9.93. The fraction of sp³-hybridized carbons (Fsp3) is 0.545. The topological polar surface area (TPSA) is 22.1 Å². The molecule has 2 atom stereocenters. The fourth-order valence-electron chi connectivity index (χ4n) is 2.92. The molecule has 0 N–H and O–H groups in total. The van der Waals surface area contributed by atoms with E-state index in [2.05, 4.69) is 11.1 Å². The smallest absolute Gasteiger partial charge is 0.216 e. The molecule has 2 heteroatoms. The molecule has 0 aliphatic heterocycles. The highest BCUT2D eigenvalue weighted by molar-refractivity contribution is 5.46. The number of nitrogens with zero attached hydrogens (tertiary/aromatic N) is 1. The predicted molar refractivity (Wildman–Crippen MR) is 50.1 cm³/mol. The van der Waals surface area contributed by atoms with Gasteiger partial charge in [0.25, 0.3) is 0 Å². The van der Waals surface area contributed by atoms with E-state index >= 15 is 0 Å². The van der Waals surface area contributed by atoms with Crippen molar-refractivity contribution in [2.45, 2.75) is 31.1 Å². The summed E-state index contributed by atoms with van der Waals surface area (Å²) in [7, 11) is 1.72. The van der Waals surface area contributed by atoms with Gasteiger partial charge in [-0.3, -0.25) is 0 Å². The van der Waals surface area contributed by atoms with Crippen molar-refractivity contribution in [1.82, 2.24) is 4.98 Å². The van der Waals surface area contributed by atoms with Crippen LogP contribution in [-0.4, -0.2) is 12.1 Å². The van der Waals surface area contributed by atoms with Gasteiger partial charge in [0, 0.05) is 11.8 Å². The largest absolute Gasteiger partial charge is 0.481 e. The summed E-state index contributed by atoms with van der Waals surface area (Å²) in [4.78, 5) is 4.27. The van der Waals surface area contributed by atoms with Crippen LogP contribution in [0.5, 0.6) is 5.88 Å². The van der Waals surface area contributed by atoms with Gasteiger partial charge in [-0.25, -0.2) is 4.98 Å². The lowest BCUT2D eigenvalue weighted by Crippen LogP contribution is -2.02. The number of ether oxygens (including phenoxy) is 1. The van der Waals surface area contributed by atoms with Gasteiger partial charge in [0.05, 0.1) is 7.11 Å². The van der Waals surface area contributed by atoms with Gasteiger partial charge < -0.3 is 4.74 Å². The Kier molecular flexibility index (Phi) is 1.40. The Balaban J connectivity index is 2.20. The average molecular weight is 175 g/mol. The summed E-state index contributed by atoms with van der Waals surface area (Å²) < 4.78 is 5.30. The third-order valence-corrected chi connectivity index (χ3v) is 3.46. The highest BCUT2D eigenvalue weighted by Gasteiger charge is 2.39. The molecular formula is C11H13NO. The number of fused-ring (bicyclic) bond motifs is 5. The minimum atomic E-state index is 0.739. The summed E-state index contributed by atoms with van der Waals surface area (Å²) in [6.45, 7) is 0. The van der Waals surface area contributed by atoms with Crippen molar-refractivity contribution >= 4 is 0 Å². The molecule has 2 nitrogen and oxygen atoms in total. The first-order valence-corrected chi connectivity index (χ1v) is 4.93. The van der Waals surface area contributed by atoms with Crippen LogP contribution in [0, 0.1) is 0 Å². The van der Waals surface area contributed by atoms with Crippen LogP contribution in [0.1, 0.15) is 42.2 Å². The monoisotopic (exact) mass is 175 g/mol. The Morgan fingerprint density at radius 1 is 1.38 bits per heavy atom. The lowest BCUT2D eigenvalue weighted by molar-refractivity contribution is 0.388. The van der Waals surface area contributed by atoms with Crippen LogP contribution in [0.2, 0.25) is 0 Å². The minimum absolute atomic E-state index is 0.739. The summed E-state index contributed by atoms with van der Waals surface area (Å²) in [6, 6.07) is 2.17. The van der Waals surface area contributed by atoms with Crippen LogP contribution in [0.25, 0.3) is 0 Å². The maximum Gasteiger partial charge on any atom is 0.216 e. The van der Waals surface area contributed by atoms with Gasteiger partial charge in [0.15, 0.2) is 0 Å². The Morgan fingerprint density at radius 3 is 3.08 bits per heavy atom. The first kappa shape index (κ1) is 7.36. The van der Waals surface area contributed by atoms with E-state index in [0.29, 0.717) is 0 Å². The number of methoxy groups -OCH3 is 1. The van der Waals surface area contributed by atoms with Crippen molar-refractivity contribution in [2.24, 2.45) is 0 Å². The van der Waals surface area contributed by atoms with E-state index in [1.54, 1.807) is 7.11 Å². The van der Waals surface area contributed by atoms with Gasteiger partial charge in [0.2, 0.25) is 5.88 Å². The molecule has 0 saturated heterocycles. The van der Waals surface area contributed by atoms with Gasteiger partial charge in [-0.05, 0) is 42.7 Å². The van der Waals surface area contributed by atoms with Gasteiger partial charge >= 0.3 is 0 Å². The molecular weight excluding hydrogens is 162 g/mol. The lowest BCUT2D eigenvalue weighted by Gasteiger charge is -2.16. The molecule has 0 spiro atoms. The normalized spacial score (nSPS) is 29.0. The van der Waals surface area contributed by atoms with E-state index < -0.39 is 0 Å². The number of hydrogen-bond donors (Lipinski definition) is 0. The molecule has 1 saturated carbocycles. The molecule has 0 amide bonds. The second kappa shape index (κ2) is 2.47. The second-order valence-corrected chi connectivity index (χ2v) is 4.03. The van der Waals surface area contributed by atoms with Crippen molar-refractivity contribution in [3.63, 3.8) is 0 Å². The number of rotatable bonds is 1. The summed E-state index contributed by atoms with van der Waals surface area (Å²) in [5.41, 5.74) is 2.91. The van der Waals surface area contributed by atoms with Gasteiger partial charge in [0.1, 0.15) is 0 Å². The van der Waals surface area contributed by atoms with Crippen molar-refractivity contribution in [3.8, 4) is 5.88 Å². The molecule has 1 fully saturated rings. The quantitative estimate of drug-likeness (QED) is 0.654. The summed E-state index contributed by atoms with van der Waals surface area (Å²) >= 11 is 0. The van der Waals surface area contributed by atoms with E-state index in [9.17, 15) is 0 Å². The third kappa shape index (κ3) is 0.859. The molecule has 2 aliphatic carbocycles. The first-order valence-electron chi connectivity index (χ1n) is 4.93. The summed E-state index contributed by atoms with van der Waals surface area (Å²) in [5, 5.41) is 0. The van der Waals surface area contributed by atoms with Crippen LogP contribution in [0.3, 0.4) is 0 Å². The Labute approximate surface area is 77.9 Å². The average Bonchev–Trinajstić information content (AvgIpc) is 2.77. The van der Waals surface area contributed by atoms with Crippen LogP contribution in [0.15, 0.2) is 12.3 Å². The Bertz CT molecular complexity index is 348. The zero-order chi connectivity index (χ0) is 8.84. The number of hydrogen-bond acceptors (Lipinski definition) is 2. The number of pyridine rings is 1. The van der Waals surface area contributed by atoms with Crippen molar-refractivity contribution in [2.75, 3.05) is 7.11 Å². The molecule has 0 aromatic carbocycles. The van der Waals surface area contributed by atoms with Crippen molar-refractivity contribution in [3.05, 3.63) is 23.4 Å². The molecule has 68 valence electrons. The van der Waals surface area contributed by atoms with E-state index in [1.807, 2.05) is 6.20 Å². The predicted octanol–water partition coefficient (Wildman–Crippen LogP) is 2.45. The number of aromatic nitrogens is 1. The standard InChI is InChI=1S/C11H13NO/c1-13-11-10-8-3-2-7(6-8)9(10)4-5-12-11/h4-5,7-8H,2-3,6H2,1H3/t7-,8-/m0/s1. The molecule has 1 heterocycles. The van der Waals surface area contributed by atoms with Gasteiger partial charge in [-0.1, -0.05) is 0 Å². The highest BCUT2D eigenvalue weighted by Crippen LogP contribution is 2.55. The molecule has 3 rings (SSSR count). The maximum absolute atomic E-state index is 5.30. The SMILES string of the molecule is COc1nccc2c1[C@H]1CC[C@H]2C1. The van der Waals surface area contributed by atoms with Crippen LogP contribution >= 0.6 is 0 Å². The summed E-state index contributed by atoms with van der Waals surface area (Å²) in [5.74, 6) is 2.41. The maximum atomic E-state index is 5.30. The Morgan fingerprint density at radius 2 is 2.23 bits per heavy atom. The molecule has 0 radical (unpaired) electrons. The van der Waals surface area contributed by atoms with E-state index in [4.69, 9.17) is 4.74 Å². The van der Waals surface area contributed by atoms with E-state index in [0.717, 1.165) is 17.7 Å². The third-order valence-electron chi connectivity index (χ3n) is 3.46. The van der Waals surface area contributed by atoms with E-state index in [1.165, 1.54) is 30.4 Å². The van der Waals surface area contributed by atoms with Crippen LogP contribution in [-0.2, 0) is 0 Å². The van der Waals surface area contributed by atoms with Gasteiger partial charge in [-0.2, -0.15) is 0 Å². The van der Waals surface area contributed by atoms with Gasteiger partial charge in [-0.15, -0.1) is 0 Å². The fourth-order valence-corrected chi connectivity index (χ4v) is 2.92. The minimum Gasteiger partial charge on any atom is -0.481 e. The highest BCUT2D eigenvalue weighted by atomic mass is 16.5. The molecule has 0 unspecified atom stereocenters. The summed E-state index contributed by atoms with van der Waals surface area (Å²) in [6.07, 6.45) is 5.90. The van der Waals surface area contributed by atoms with Crippen LogP contribution < -0.4 is 4.74 Å². The van der Waals surface area contributed by atoms with Crippen molar-refractivity contribution in [1.29, 1.82) is 0 Å². The molecule has 2 bridgehead atoms. The Hall–Kier alpha value is -1.05. The molecule has 1 aromatic rings. The molecule has 13 heavy (non-hydrogen) atoms. The zero-order valence-corrected chi connectivity index (χ0v) is 7.79. The zero-order valence-electron chi connectivity index (χ0n) is 7.79. The van der Waals surface area contributed by atoms with E-state index in [-0.39, 0.29) is 0 Å².